The van der Waals surface area contributed by atoms with Crippen molar-refractivity contribution in [1.29, 1.82) is 0 Å². The minimum Gasteiger partial charge on any atom is -0.324 e. The van der Waals surface area contributed by atoms with Gasteiger partial charge < -0.3 is 10.6 Å². The number of benzene rings is 1. The highest BCUT2D eigenvalue weighted by molar-refractivity contribution is 6.31. The molecule has 0 saturated heterocycles. The monoisotopic (exact) mass is 489 g/mol. The summed E-state index contributed by atoms with van der Waals surface area (Å²) in [6.07, 6.45) is 6.30. The van der Waals surface area contributed by atoms with Crippen LogP contribution in [0.2, 0.25) is 5.02 Å². The van der Waals surface area contributed by atoms with Gasteiger partial charge in [-0.15, -0.1) is 0 Å². The minimum atomic E-state index is -0.119. The molecule has 1 saturated carbocycles. The lowest BCUT2D eigenvalue weighted by Crippen LogP contribution is -2.23. The summed E-state index contributed by atoms with van der Waals surface area (Å²) in [5.41, 5.74) is 5.42. The maximum Gasteiger partial charge on any atom is 0.278 e. The van der Waals surface area contributed by atoms with Crippen molar-refractivity contribution in [1.82, 2.24) is 29.6 Å². The van der Waals surface area contributed by atoms with E-state index in [9.17, 15) is 4.79 Å². The van der Waals surface area contributed by atoms with Crippen LogP contribution in [-0.4, -0.2) is 30.9 Å². The standard InChI is InChI=1S/C26H28ClN7O/c1-26(2,3)22-12-18(6-9-29-22)33-23-20(24(35)34(33)17-4-5-17)14-30-25(32-23)31-16-10-15-13-28-8-7-19(15)21(27)11-16/h6,9-12,14,17,28H,4-5,7-8,13H2,1-3H3,(H,30,31,32). The number of nitrogens with zero attached hydrogens (tertiary/aromatic N) is 5. The Bertz CT molecular complexity index is 1510. The molecule has 3 aromatic heterocycles. The summed E-state index contributed by atoms with van der Waals surface area (Å²) in [6.45, 7) is 8.10. The molecule has 0 spiro atoms. The van der Waals surface area contributed by atoms with E-state index in [1.54, 1.807) is 12.4 Å². The first-order chi connectivity index (χ1) is 16.8. The van der Waals surface area contributed by atoms with E-state index in [1.807, 2.05) is 27.6 Å². The quantitative estimate of drug-likeness (QED) is 0.433. The molecule has 4 heterocycles. The van der Waals surface area contributed by atoms with Crippen molar-refractivity contribution in [3.8, 4) is 5.69 Å². The zero-order chi connectivity index (χ0) is 24.3. The highest BCUT2D eigenvalue weighted by atomic mass is 35.5. The molecule has 1 aliphatic carbocycles. The van der Waals surface area contributed by atoms with Crippen LogP contribution in [0.3, 0.4) is 0 Å². The topological polar surface area (TPSA) is 89.7 Å². The Labute approximate surface area is 208 Å². The smallest absolute Gasteiger partial charge is 0.278 e. The number of rotatable bonds is 4. The van der Waals surface area contributed by atoms with Gasteiger partial charge in [-0.2, -0.15) is 4.98 Å². The fourth-order valence-electron chi connectivity index (χ4n) is 4.69. The van der Waals surface area contributed by atoms with Gasteiger partial charge in [-0.05, 0) is 61.2 Å². The van der Waals surface area contributed by atoms with Gasteiger partial charge in [0.1, 0.15) is 5.39 Å². The first kappa shape index (κ1) is 22.2. The Hall–Kier alpha value is -3.23. The molecule has 35 heavy (non-hydrogen) atoms. The average Bonchev–Trinajstić information content (AvgIpc) is 3.62. The molecule has 2 aliphatic rings. The fraction of sp³-hybridized carbons (Fsp3) is 0.385. The molecular formula is C26H28ClN7O. The largest absolute Gasteiger partial charge is 0.324 e. The Morgan fingerprint density at radius 2 is 2.00 bits per heavy atom. The van der Waals surface area contributed by atoms with E-state index in [0.717, 1.165) is 54.4 Å². The van der Waals surface area contributed by atoms with Crippen LogP contribution in [-0.2, 0) is 18.4 Å². The predicted octanol–water partition coefficient (Wildman–Crippen LogP) is 4.65. The van der Waals surface area contributed by atoms with E-state index in [1.165, 1.54) is 11.1 Å². The van der Waals surface area contributed by atoms with Crippen molar-refractivity contribution < 1.29 is 0 Å². The molecule has 1 aromatic carbocycles. The second kappa shape index (κ2) is 8.17. The maximum absolute atomic E-state index is 13.4. The van der Waals surface area contributed by atoms with Gasteiger partial charge in [0.25, 0.3) is 5.56 Å². The van der Waals surface area contributed by atoms with Gasteiger partial charge in [-0.3, -0.25) is 9.78 Å². The van der Waals surface area contributed by atoms with Crippen LogP contribution < -0.4 is 16.2 Å². The Morgan fingerprint density at radius 3 is 2.77 bits per heavy atom. The van der Waals surface area contributed by atoms with Gasteiger partial charge in [-0.25, -0.2) is 14.3 Å². The highest BCUT2D eigenvalue weighted by Crippen LogP contribution is 2.36. The third kappa shape index (κ3) is 4.00. The lowest BCUT2D eigenvalue weighted by atomic mass is 9.91. The van der Waals surface area contributed by atoms with Crippen LogP contribution in [0.25, 0.3) is 16.7 Å². The normalized spacial score (nSPS) is 15.9. The first-order valence-electron chi connectivity index (χ1n) is 12.1. The first-order valence-corrected chi connectivity index (χ1v) is 12.4. The molecule has 9 heteroatoms. The summed E-state index contributed by atoms with van der Waals surface area (Å²) in [6, 6.07) is 8.15. The fourth-order valence-corrected chi connectivity index (χ4v) is 5.02. The SMILES string of the molecule is CC(C)(C)c1cc(-n2c3nc(Nc4cc(Cl)c5c(c4)CNCC5)ncc3c(=O)n2C2CC2)ccn1. The number of anilines is 2. The second-order valence-electron chi connectivity index (χ2n) is 10.4. The van der Waals surface area contributed by atoms with Gasteiger partial charge in [0.2, 0.25) is 5.95 Å². The number of halogens is 1. The van der Waals surface area contributed by atoms with Crippen molar-refractivity contribution in [3.63, 3.8) is 0 Å². The molecule has 2 N–H and O–H groups in total. The molecule has 0 unspecified atom stereocenters. The summed E-state index contributed by atoms with van der Waals surface area (Å²) in [5, 5.41) is 7.94. The van der Waals surface area contributed by atoms with Gasteiger partial charge in [-0.1, -0.05) is 32.4 Å². The predicted molar refractivity (Wildman–Crippen MR) is 138 cm³/mol. The average molecular weight is 490 g/mol. The van der Waals surface area contributed by atoms with Crippen molar-refractivity contribution >= 4 is 34.3 Å². The molecule has 1 fully saturated rings. The highest BCUT2D eigenvalue weighted by Gasteiger charge is 2.31. The molecule has 180 valence electrons. The van der Waals surface area contributed by atoms with Crippen molar-refractivity contribution in [2.45, 2.75) is 58.0 Å². The van der Waals surface area contributed by atoms with Crippen LogP contribution in [0, 0.1) is 0 Å². The minimum absolute atomic E-state index is 0.0638. The third-order valence-electron chi connectivity index (χ3n) is 6.68. The van der Waals surface area contributed by atoms with Crippen molar-refractivity contribution in [2.24, 2.45) is 0 Å². The van der Waals surface area contributed by atoms with Crippen LogP contribution in [0.5, 0.6) is 0 Å². The number of fused-ring (bicyclic) bond motifs is 2. The third-order valence-corrected chi connectivity index (χ3v) is 7.02. The van der Waals surface area contributed by atoms with E-state index in [-0.39, 0.29) is 17.0 Å². The summed E-state index contributed by atoms with van der Waals surface area (Å²) < 4.78 is 3.76. The van der Waals surface area contributed by atoms with Crippen molar-refractivity contribution in [2.75, 3.05) is 11.9 Å². The van der Waals surface area contributed by atoms with E-state index in [0.29, 0.717) is 17.0 Å². The summed E-state index contributed by atoms with van der Waals surface area (Å²) in [4.78, 5) is 27.2. The molecule has 6 rings (SSSR count). The van der Waals surface area contributed by atoms with Crippen LogP contribution in [0.1, 0.15) is 56.5 Å². The number of pyridine rings is 1. The van der Waals surface area contributed by atoms with E-state index < -0.39 is 0 Å². The van der Waals surface area contributed by atoms with Crippen molar-refractivity contribution in [3.05, 3.63) is 68.9 Å². The van der Waals surface area contributed by atoms with Crippen LogP contribution in [0.15, 0.2) is 41.5 Å². The molecular weight excluding hydrogens is 462 g/mol. The Morgan fingerprint density at radius 1 is 1.17 bits per heavy atom. The number of hydrogen-bond donors (Lipinski definition) is 2. The zero-order valence-corrected chi connectivity index (χ0v) is 20.9. The number of hydrogen-bond acceptors (Lipinski definition) is 6. The number of aromatic nitrogens is 5. The number of nitrogens with one attached hydrogen (secondary N) is 2. The van der Waals surface area contributed by atoms with E-state index in [2.05, 4.69) is 47.4 Å². The summed E-state index contributed by atoms with van der Waals surface area (Å²) >= 11 is 6.57. The second-order valence-corrected chi connectivity index (χ2v) is 10.8. The van der Waals surface area contributed by atoms with E-state index in [4.69, 9.17) is 16.6 Å². The molecule has 4 aromatic rings. The lowest BCUT2D eigenvalue weighted by molar-refractivity contribution is 0.549. The molecule has 0 radical (unpaired) electrons. The molecule has 0 amide bonds. The van der Waals surface area contributed by atoms with Gasteiger partial charge >= 0.3 is 0 Å². The van der Waals surface area contributed by atoms with Gasteiger partial charge in [0, 0.05) is 40.8 Å². The summed E-state index contributed by atoms with van der Waals surface area (Å²) in [5.74, 6) is 0.420. The molecule has 0 atom stereocenters. The Balaban J connectivity index is 1.47. The summed E-state index contributed by atoms with van der Waals surface area (Å²) in [7, 11) is 0. The Kier molecular flexibility index (Phi) is 5.19. The molecule has 1 aliphatic heterocycles. The maximum atomic E-state index is 13.4. The molecule has 0 bridgehead atoms. The van der Waals surface area contributed by atoms with E-state index >= 15 is 0 Å². The van der Waals surface area contributed by atoms with Crippen LogP contribution >= 0.6 is 11.6 Å². The lowest BCUT2D eigenvalue weighted by Gasteiger charge is -2.20. The zero-order valence-electron chi connectivity index (χ0n) is 20.1. The van der Waals surface area contributed by atoms with Gasteiger partial charge in [0.05, 0.1) is 11.7 Å². The van der Waals surface area contributed by atoms with Crippen LogP contribution in [0.4, 0.5) is 11.6 Å². The van der Waals surface area contributed by atoms with Gasteiger partial charge in [0.15, 0.2) is 5.65 Å². The molecule has 8 nitrogen and oxygen atoms in total.